The Labute approximate surface area is 137 Å². The zero-order valence-electron chi connectivity index (χ0n) is 14.2. The van der Waals surface area contributed by atoms with E-state index < -0.39 is 11.8 Å². The van der Waals surface area contributed by atoms with Crippen molar-refractivity contribution >= 4 is 17.5 Å². The van der Waals surface area contributed by atoms with Crippen LogP contribution in [-0.2, 0) is 9.59 Å². The van der Waals surface area contributed by atoms with E-state index in [1.807, 2.05) is 26.0 Å². The van der Waals surface area contributed by atoms with Gasteiger partial charge in [-0.25, -0.2) is 0 Å². The molecule has 2 N–H and O–H groups in total. The van der Waals surface area contributed by atoms with Crippen molar-refractivity contribution in [3.63, 3.8) is 0 Å². The van der Waals surface area contributed by atoms with Gasteiger partial charge in [-0.05, 0) is 55.7 Å². The number of nitrogens with one attached hydrogen (secondary N) is 1. The molecule has 2 rings (SSSR count). The van der Waals surface area contributed by atoms with Gasteiger partial charge >= 0.3 is 11.8 Å². The van der Waals surface area contributed by atoms with Crippen LogP contribution in [0.5, 0.6) is 0 Å². The summed E-state index contributed by atoms with van der Waals surface area (Å²) >= 11 is 0. The first-order valence-corrected chi connectivity index (χ1v) is 8.20. The highest BCUT2D eigenvalue weighted by molar-refractivity contribution is 6.39. The normalized spacial score (nSPS) is 17.0. The number of likely N-dealkylation sites (tertiary alicyclic amines) is 1. The standard InChI is InChI=1S/C18H26N2O3/c1-4-18(12-21)8-10-20(11-9-18)17(23)16(22)19-15-7-5-6-13(2)14(15)3/h5-7,21H,4,8-12H2,1-3H3,(H,19,22). The number of aliphatic hydroxyl groups excluding tert-OH is 1. The van der Waals surface area contributed by atoms with Gasteiger partial charge in [-0.15, -0.1) is 0 Å². The highest BCUT2D eigenvalue weighted by Crippen LogP contribution is 2.34. The minimum atomic E-state index is -0.591. The first-order valence-electron chi connectivity index (χ1n) is 8.20. The van der Waals surface area contributed by atoms with Gasteiger partial charge in [0.15, 0.2) is 0 Å². The van der Waals surface area contributed by atoms with E-state index in [2.05, 4.69) is 12.2 Å². The Kier molecular flexibility index (Phi) is 5.42. The van der Waals surface area contributed by atoms with Crippen LogP contribution in [0.4, 0.5) is 5.69 Å². The molecular formula is C18H26N2O3. The molecule has 0 aromatic heterocycles. The molecule has 0 aliphatic carbocycles. The zero-order chi connectivity index (χ0) is 17.0. The molecule has 1 aliphatic rings. The Morgan fingerprint density at radius 2 is 1.91 bits per heavy atom. The van der Waals surface area contributed by atoms with E-state index in [1.54, 1.807) is 11.0 Å². The van der Waals surface area contributed by atoms with Crippen LogP contribution in [0.15, 0.2) is 18.2 Å². The number of nitrogens with zero attached hydrogens (tertiary/aromatic N) is 1. The smallest absolute Gasteiger partial charge is 0.313 e. The minimum Gasteiger partial charge on any atom is -0.396 e. The minimum absolute atomic E-state index is 0.0968. The summed E-state index contributed by atoms with van der Waals surface area (Å²) in [5.74, 6) is -1.08. The fraction of sp³-hybridized carbons (Fsp3) is 0.556. The molecule has 0 atom stereocenters. The maximum absolute atomic E-state index is 12.3. The molecule has 1 aromatic rings. The fourth-order valence-electron chi connectivity index (χ4n) is 3.01. The number of carbonyl (C=O) groups excluding carboxylic acids is 2. The second-order valence-corrected chi connectivity index (χ2v) is 6.51. The summed E-state index contributed by atoms with van der Waals surface area (Å²) in [7, 11) is 0. The van der Waals surface area contributed by atoms with Gasteiger partial charge in [0, 0.05) is 25.4 Å². The average molecular weight is 318 g/mol. The predicted octanol–water partition coefficient (Wildman–Crippen LogP) is 2.25. The molecule has 5 heteroatoms. The Morgan fingerprint density at radius 1 is 1.26 bits per heavy atom. The molecule has 0 bridgehead atoms. The van der Waals surface area contributed by atoms with Gasteiger partial charge in [0.1, 0.15) is 0 Å². The molecule has 0 radical (unpaired) electrons. The summed E-state index contributed by atoms with van der Waals surface area (Å²) in [5, 5.41) is 12.3. The SMILES string of the molecule is CCC1(CO)CCN(C(=O)C(=O)Nc2cccc(C)c2C)CC1. The van der Waals surface area contributed by atoms with Crippen molar-refractivity contribution in [3.05, 3.63) is 29.3 Å². The van der Waals surface area contributed by atoms with Crippen molar-refractivity contribution < 1.29 is 14.7 Å². The fourth-order valence-corrected chi connectivity index (χ4v) is 3.01. The van der Waals surface area contributed by atoms with Gasteiger partial charge in [-0.2, -0.15) is 0 Å². The van der Waals surface area contributed by atoms with Crippen LogP contribution in [0.25, 0.3) is 0 Å². The third kappa shape index (κ3) is 3.72. The van der Waals surface area contributed by atoms with Crippen molar-refractivity contribution in [2.75, 3.05) is 25.0 Å². The number of piperidine rings is 1. The van der Waals surface area contributed by atoms with Gasteiger partial charge in [0.25, 0.3) is 0 Å². The number of aliphatic hydroxyl groups is 1. The molecule has 1 fully saturated rings. The van der Waals surface area contributed by atoms with Crippen LogP contribution in [0.3, 0.4) is 0 Å². The number of benzene rings is 1. The van der Waals surface area contributed by atoms with E-state index in [4.69, 9.17) is 0 Å². The molecule has 0 saturated carbocycles. The molecule has 0 unspecified atom stereocenters. The summed E-state index contributed by atoms with van der Waals surface area (Å²) in [5.41, 5.74) is 2.63. The Bertz CT molecular complexity index is 584. The van der Waals surface area contributed by atoms with Crippen molar-refractivity contribution in [3.8, 4) is 0 Å². The lowest BCUT2D eigenvalue weighted by atomic mass is 9.77. The quantitative estimate of drug-likeness (QED) is 0.840. The maximum Gasteiger partial charge on any atom is 0.313 e. The molecular weight excluding hydrogens is 292 g/mol. The first-order chi connectivity index (χ1) is 10.9. The van der Waals surface area contributed by atoms with Crippen LogP contribution < -0.4 is 5.32 Å². The van der Waals surface area contributed by atoms with Crippen molar-refractivity contribution in [1.82, 2.24) is 4.90 Å². The third-order valence-electron chi connectivity index (χ3n) is 5.24. The summed E-state index contributed by atoms with van der Waals surface area (Å²) < 4.78 is 0. The molecule has 126 valence electrons. The van der Waals surface area contributed by atoms with Gasteiger partial charge in [0.2, 0.25) is 0 Å². The van der Waals surface area contributed by atoms with Crippen LogP contribution in [0, 0.1) is 19.3 Å². The van der Waals surface area contributed by atoms with E-state index in [9.17, 15) is 14.7 Å². The van der Waals surface area contributed by atoms with E-state index >= 15 is 0 Å². The van der Waals surface area contributed by atoms with Gasteiger partial charge in [0.05, 0.1) is 0 Å². The third-order valence-corrected chi connectivity index (χ3v) is 5.24. The number of rotatable bonds is 3. The molecule has 1 aromatic carbocycles. The second-order valence-electron chi connectivity index (χ2n) is 6.51. The van der Waals surface area contributed by atoms with E-state index in [0.29, 0.717) is 18.8 Å². The molecule has 23 heavy (non-hydrogen) atoms. The molecule has 0 spiro atoms. The number of anilines is 1. The van der Waals surface area contributed by atoms with Crippen molar-refractivity contribution in [2.45, 2.75) is 40.0 Å². The first kappa shape index (κ1) is 17.5. The summed E-state index contributed by atoms with van der Waals surface area (Å²) in [4.78, 5) is 26.1. The van der Waals surface area contributed by atoms with E-state index in [0.717, 1.165) is 30.4 Å². The lowest BCUT2D eigenvalue weighted by Crippen LogP contribution is -2.48. The average Bonchev–Trinajstić information content (AvgIpc) is 2.58. The van der Waals surface area contributed by atoms with Crippen LogP contribution in [0.1, 0.15) is 37.3 Å². The number of carbonyl (C=O) groups is 2. The number of hydrogen-bond acceptors (Lipinski definition) is 3. The lowest BCUT2D eigenvalue weighted by molar-refractivity contribution is -0.145. The molecule has 1 aliphatic heterocycles. The van der Waals surface area contributed by atoms with Crippen LogP contribution >= 0.6 is 0 Å². The second kappa shape index (κ2) is 7.13. The number of hydrogen-bond donors (Lipinski definition) is 2. The highest BCUT2D eigenvalue weighted by atomic mass is 16.3. The predicted molar refractivity (Wildman–Crippen MR) is 90.2 cm³/mol. The number of aryl methyl sites for hydroxylation is 1. The molecule has 1 saturated heterocycles. The molecule has 1 heterocycles. The highest BCUT2D eigenvalue weighted by Gasteiger charge is 2.35. The lowest BCUT2D eigenvalue weighted by Gasteiger charge is -2.39. The largest absolute Gasteiger partial charge is 0.396 e. The maximum atomic E-state index is 12.3. The monoisotopic (exact) mass is 318 g/mol. The Morgan fingerprint density at radius 3 is 2.48 bits per heavy atom. The van der Waals surface area contributed by atoms with Crippen LogP contribution in [-0.4, -0.2) is 41.5 Å². The van der Waals surface area contributed by atoms with Gasteiger partial charge in [-0.1, -0.05) is 19.1 Å². The molecule has 2 amide bonds. The Hall–Kier alpha value is -1.88. The van der Waals surface area contributed by atoms with E-state index in [-0.39, 0.29) is 12.0 Å². The van der Waals surface area contributed by atoms with Gasteiger partial charge in [-0.3, -0.25) is 9.59 Å². The van der Waals surface area contributed by atoms with Crippen molar-refractivity contribution in [1.29, 1.82) is 0 Å². The molecule has 5 nitrogen and oxygen atoms in total. The van der Waals surface area contributed by atoms with Gasteiger partial charge < -0.3 is 15.3 Å². The zero-order valence-corrected chi connectivity index (χ0v) is 14.2. The van der Waals surface area contributed by atoms with Crippen LogP contribution in [0.2, 0.25) is 0 Å². The topological polar surface area (TPSA) is 69.6 Å². The summed E-state index contributed by atoms with van der Waals surface area (Å²) in [6.45, 7) is 7.13. The number of amides is 2. The Balaban J connectivity index is 1.99. The van der Waals surface area contributed by atoms with E-state index in [1.165, 1.54) is 0 Å². The summed E-state index contributed by atoms with van der Waals surface area (Å²) in [6.07, 6.45) is 2.37. The van der Waals surface area contributed by atoms with Crippen molar-refractivity contribution in [2.24, 2.45) is 5.41 Å². The summed E-state index contributed by atoms with van der Waals surface area (Å²) in [6, 6.07) is 5.63.